The molecular weight excluding hydrogens is 433 g/mol. The summed E-state index contributed by atoms with van der Waals surface area (Å²) in [6.07, 6.45) is 1.47. The van der Waals surface area contributed by atoms with Gasteiger partial charge in [-0.1, -0.05) is 42.5 Å². The van der Waals surface area contributed by atoms with Crippen LogP contribution in [0.25, 0.3) is 11.1 Å². The summed E-state index contributed by atoms with van der Waals surface area (Å²) < 4.78 is 19.9. The van der Waals surface area contributed by atoms with Crippen LogP contribution in [0.15, 0.2) is 72.8 Å². The summed E-state index contributed by atoms with van der Waals surface area (Å²) in [7, 11) is 0. The van der Waals surface area contributed by atoms with E-state index in [2.05, 4.69) is 15.5 Å². The first-order valence-corrected chi connectivity index (χ1v) is 11.5. The number of anilines is 2. The van der Waals surface area contributed by atoms with Crippen LogP contribution >= 0.6 is 0 Å². The van der Waals surface area contributed by atoms with Gasteiger partial charge in [0.2, 0.25) is 5.91 Å². The van der Waals surface area contributed by atoms with Gasteiger partial charge in [0, 0.05) is 24.3 Å². The normalized spacial score (nSPS) is 17.1. The fourth-order valence-electron chi connectivity index (χ4n) is 4.38. The Bertz CT molecular complexity index is 1190. The summed E-state index contributed by atoms with van der Waals surface area (Å²) in [5.41, 5.74) is 2.43. The van der Waals surface area contributed by atoms with Crippen molar-refractivity contribution in [2.75, 3.05) is 36.9 Å². The van der Waals surface area contributed by atoms with Crippen LogP contribution in [-0.4, -0.2) is 48.6 Å². The number of morpholine rings is 1. The Morgan fingerprint density at radius 1 is 0.853 bits per heavy atom. The Morgan fingerprint density at radius 3 is 2.21 bits per heavy atom. The highest BCUT2D eigenvalue weighted by atomic mass is 19.1. The van der Waals surface area contributed by atoms with Crippen molar-refractivity contribution in [3.63, 3.8) is 0 Å². The summed E-state index contributed by atoms with van der Waals surface area (Å²) in [6, 6.07) is 21.5. The lowest BCUT2D eigenvalue weighted by Gasteiger charge is -2.33. The number of hydrogen-bond donors (Lipinski definition) is 2. The van der Waals surface area contributed by atoms with Crippen LogP contribution in [0.1, 0.15) is 23.2 Å². The van der Waals surface area contributed by atoms with Crippen molar-refractivity contribution in [2.45, 2.75) is 18.4 Å². The van der Waals surface area contributed by atoms with Gasteiger partial charge in [-0.2, -0.15) is 0 Å². The number of halogens is 1. The van der Waals surface area contributed by atoms with Crippen LogP contribution in [-0.2, 0) is 9.53 Å². The highest BCUT2D eigenvalue weighted by Gasteiger charge is 2.54. The number of amides is 2. The van der Waals surface area contributed by atoms with Crippen LogP contribution in [0.5, 0.6) is 0 Å². The summed E-state index contributed by atoms with van der Waals surface area (Å²) in [6.45, 7) is 2.54. The Balaban J connectivity index is 1.27. The van der Waals surface area contributed by atoms with Crippen LogP contribution in [0.4, 0.5) is 15.8 Å². The SMILES string of the molecule is O=C(Nc1ccc(-c2ccccc2)cc1)c1ccc(F)c(NC(=O)C2(N3CCOCC3)CC2)c1. The molecule has 1 aliphatic carbocycles. The van der Waals surface area contributed by atoms with Gasteiger partial charge in [0.1, 0.15) is 11.4 Å². The molecule has 2 fully saturated rings. The molecular formula is C27H26FN3O3. The standard InChI is InChI=1S/C27H26FN3O3/c28-23-11-8-21(18-24(23)30-26(33)27(12-13-27)31-14-16-34-17-15-31)25(32)29-22-9-6-20(7-10-22)19-4-2-1-3-5-19/h1-11,18H,12-17H2,(H,29,32)(H,30,33). The van der Waals surface area contributed by atoms with E-state index in [0.29, 0.717) is 32.0 Å². The minimum Gasteiger partial charge on any atom is -0.379 e. The number of carbonyl (C=O) groups excluding carboxylic acids is 2. The molecule has 34 heavy (non-hydrogen) atoms. The molecule has 1 aliphatic heterocycles. The fraction of sp³-hybridized carbons (Fsp3) is 0.259. The molecule has 6 nitrogen and oxygen atoms in total. The molecule has 0 unspecified atom stereocenters. The highest BCUT2D eigenvalue weighted by Crippen LogP contribution is 2.43. The lowest BCUT2D eigenvalue weighted by atomic mass is 10.1. The molecule has 0 aromatic heterocycles. The third-order valence-corrected chi connectivity index (χ3v) is 6.49. The predicted molar refractivity (Wildman–Crippen MR) is 129 cm³/mol. The van der Waals surface area contributed by atoms with E-state index in [-0.39, 0.29) is 23.1 Å². The van der Waals surface area contributed by atoms with Gasteiger partial charge in [-0.05, 0) is 54.3 Å². The Labute approximate surface area is 197 Å². The summed E-state index contributed by atoms with van der Waals surface area (Å²) in [5.74, 6) is -1.19. The lowest BCUT2D eigenvalue weighted by Crippen LogP contribution is -2.51. The zero-order valence-electron chi connectivity index (χ0n) is 18.7. The van der Waals surface area contributed by atoms with Crippen molar-refractivity contribution >= 4 is 23.2 Å². The fourth-order valence-corrected chi connectivity index (χ4v) is 4.38. The molecule has 5 rings (SSSR count). The Morgan fingerprint density at radius 2 is 1.53 bits per heavy atom. The van der Waals surface area contributed by atoms with E-state index in [9.17, 15) is 14.0 Å². The molecule has 0 radical (unpaired) electrons. The molecule has 0 atom stereocenters. The maximum absolute atomic E-state index is 14.5. The first kappa shape index (κ1) is 22.3. The number of ether oxygens (including phenoxy) is 1. The van der Waals surface area contributed by atoms with Crippen molar-refractivity contribution in [3.8, 4) is 11.1 Å². The molecule has 1 saturated heterocycles. The first-order valence-electron chi connectivity index (χ1n) is 11.5. The maximum Gasteiger partial charge on any atom is 0.255 e. The van der Waals surface area contributed by atoms with Crippen LogP contribution in [0.3, 0.4) is 0 Å². The Kier molecular flexibility index (Phi) is 6.13. The van der Waals surface area contributed by atoms with Crippen molar-refractivity contribution in [1.82, 2.24) is 4.90 Å². The van der Waals surface area contributed by atoms with Gasteiger partial charge >= 0.3 is 0 Å². The number of hydrogen-bond acceptors (Lipinski definition) is 4. The highest BCUT2D eigenvalue weighted by molar-refractivity contribution is 6.06. The van der Waals surface area contributed by atoms with Crippen molar-refractivity contribution in [2.24, 2.45) is 0 Å². The monoisotopic (exact) mass is 459 g/mol. The molecule has 174 valence electrons. The zero-order chi connectivity index (χ0) is 23.5. The molecule has 0 bridgehead atoms. The molecule has 2 aliphatic rings. The summed E-state index contributed by atoms with van der Waals surface area (Å²) >= 11 is 0. The quantitative estimate of drug-likeness (QED) is 0.568. The second-order valence-corrected chi connectivity index (χ2v) is 8.68. The molecule has 1 saturated carbocycles. The predicted octanol–water partition coefficient (Wildman–Crippen LogP) is 4.55. The van der Waals surface area contributed by atoms with Gasteiger partial charge in [0.15, 0.2) is 0 Å². The second-order valence-electron chi connectivity index (χ2n) is 8.68. The van der Waals surface area contributed by atoms with Crippen LogP contribution in [0, 0.1) is 5.82 Å². The number of nitrogens with one attached hydrogen (secondary N) is 2. The number of carbonyl (C=O) groups is 2. The van der Waals surface area contributed by atoms with E-state index in [4.69, 9.17) is 4.74 Å². The van der Waals surface area contributed by atoms with Gasteiger partial charge in [0.25, 0.3) is 5.91 Å². The number of rotatable bonds is 6. The molecule has 7 heteroatoms. The zero-order valence-corrected chi connectivity index (χ0v) is 18.7. The summed E-state index contributed by atoms with van der Waals surface area (Å²) in [5, 5.41) is 5.55. The Hall–Kier alpha value is -3.55. The lowest BCUT2D eigenvalue weighted by molar-refractivity contribution is -0.124. The van der Waals surface area contributed by atoms with E-state index in [1.807, 2.05) is 54.6 Å². The van der Waals surface area contributed by atoms with Crippen molar-refractivity contribution in [1.29, 1.82) is 0 Å². The number of nitrogens with zero attached hydrogens (tertiary/aromatic N) is 1. The molecule has 0 spiro atoms. The van der Waals surface area contributed by atoms with Gasteiger partial charge < -0.3 is 15.4 Å². The van der Waals surface area contributed by atoms with E-state index >= 15 is 0 Å². The average Bonchev–Trinajstić information content (AvgIpc) is 3.69. The number of benzene rings is 3. The van der Waals surface area contributed by atoms with E-state index in [1.165, 1.54) is 18.2 Å². The largest absolute Gasteiger partial charge is 0.379 e. The van der Waals surface area contributed by atoms with Crippen LogP contribution < -0.4 is 10.6 Å². The molecule has 2 N–H and O–H groups in total. The van der Waals surface area contributed by atoms with Gasteiger partial charge in [-0.3, -0.25) is 14.5 Å². The third kappa shape index (κ3) is 4.58. The first-order chi connectivity index (χ1) is 16.5. The maximum atomic E-state index is 14.5. The van der Waals surface area contributed by atoms with Gasteiger partial charge in [0.05, 0.1) is 18.9 Å². The van der Waals surface area contributed by atoms with Crippen molar-refractivity contribution < 1.29 is 18.7 Å². The van der Waals surface area contributed by atoms with E-state index in [0.717, 1.165) is 24.0 Å². The minimum absolute atomic E-state index is 0.0107. The topological polar surface area (TPSA) is 70.7 Å². The summed E-state index contributed by atoms with van der Waals surface area (Å²) in [4.78, 5) is 27.9. The van der Waals surface area contributed by atoms with Gasteiger partial charge in [-0.15, -0.1) is 0 Å². The third-order valence-electron chi connectivity index (χ3n) is 6.49. The second kappa shape index (κ2) is 9.37. The molecule has 1 heterocycles. The molecule has 3 aromatic carbocycles. The average molecular weight is 460 g/mol. The van der Waals surface area contributed by atoms with E-state index < -0.39 is 11.4 Å². The molecule has 2 amide bonds. The van der Waals surface area contributed by atoms with Crippen LogP contribution in [0.2, 0.25) is 0 Å². The smallest absolute Gasteiger partial charge is 0.255 e. The molecule has 3 aromatic rings. The van der Waals surface area contributed by atoms with Gasteiger partial charge in [-0.25, -0.2) is 4.39 Å². The van der Waals surface area contributed by atoms with E-state index in [1.54, 1.807) is 0 Å². The minimum atomic E-state index is -0.602. The van der Waals surface area contributed by atoms with Crippen molar-refractivity contribution in [3.05, 3.63) is 84.2 Å².